The van der Waals surface area contributed by atoms with Crippen LogP contribution in [-0.2, 0) is 10.9 Å². The van der Waals surface area contributed by atoms with Gasteiger partial charge in [0.15, 0.2) is 0 Å². The Bertz CT molecular complexity index is 431. The number of hydrogen-bond acceptors (Lipinski definition) is 3. The molecule has 0 heterocycles. The largest absolute Gasteiger partial charge is 0.478 e. The fourth-order valence-corrected chi connectivity index (χ4v) is 1.41. The number of anilines is 1. The van der Waals surface area contributed by atoms with Gasteiger partial charge in [-0.3, -0.25) is 4.72 Å². The first-order valence-electron chi connectivity index (χ1n) is 3.75. The number of aromatic carboxylic acids is 1. The Kier molecular flexibility index (Phi) is 3.08. The third kappa shape index (κ3) is 2.46. The Morgan fingerprint density at radius 3 is 2.57 bits per heavy atom. The van der Waals surface area contributed by atoms with Crippen molar-refractivity contribution in [3.05, 3.63) is 29.3 Å². The van der Waals surface area contributed by atoms with E-state index in [4.69, 9.17) is 5.11 Å². The molecular formula is C8H9NO4S. The van der Waals surface area contributed by atoms with E-state index in [9.17, 15) is 13.2 Å². The zero-order valence-corrected chi connectivity index (χ0v) is 8.25. The smallest absolute Gasteiger partial charge is 0.335 e. The molecule has 1 aromatic carbocycles. The first-order chi connectivity index (χ1) is 6.50. The van der Waals surface area contributed by atoms with Crippen LogP contribution < -0.4 is 4.72 Å². The Labute approximate surface area is 82.5 Å². The van der Waals surface area contributed by atoms with Crippen LogP contribution in [0.1, 0.15) is 15.9 Å². The number of carbonyl (C=O) groups is 1. The Hall–Kier alpha value is -1.56. The van der Waals surface area contributed by atoms with E-state index < -0.39 is 16.9 Å². The van der Waals surface area contributed by atoms with Gasteiger partial charge in [0.2, 0.25) is 10.9 Å². The maximum atomic E-state index is 10.6. The summed E-state index contributed by atoms with van der Waals surface area (Å²) in [6, 6.07) is 4.24. The maximum Gasteiger partial charge on any atom is 0.335 e. The summed E-state index contributed by atoms with van der Waals surface area (Å²) < 4.78 is 22.9. The normalized spacial score (nSPS) is 10.1. The number of aryl methyl sites for hydroxylation is 1. The number of carboxylic acids is 1. The predicted octanol–water partition coefficient (Wildman–Crippen LogP) is 0.632. The van der Waals surface area contributed by atoms with Gasteiger partial charge in [0.25, 0.3) is 0 Å². The van der Waals surface area contributed by atoms with Crippen LogP contribution in [0.4, 0.5) is 5.69 Å². The van der Waals surface area contributed by atoms with Gasteiger partial charge >= 0.3 is 5.97 Å². The van der Waals surface area contributed by atoms with E-state index in [2.05, 4.69) is 4.72 Å². The minimum atomic E-state index is -2.77. The molecule has 0 bridgehead atoms. The second-order valence-corrected chi connectivity index (χ2v) is 3.44. The second-order valence-electron chi connectivity index (χ2n) is 2.70. The molecular weight excluding hydrogens is 206 g/mol. The molecule has 14 heavy (non-hydrogen) atoms. The molecule has 0 aromatic heterocycles. The van der Waals surface area contributed by atoms with Crippen molar-refractivity contribution >= 4 is 22.5 Å². The van der Waals surface area contributed by atoms with Crippen molar-refractivity contribution in [3.63, 3.8) is 0 Å². The van der Waals surface area contributed by atoms with Gasteiger partial charge < -0.3 is 5.11 Å². The van der Waals surface area contributed by atoms with E-state index >= 15 is 0 Å². The van der Waals surface area contributed by atoms with Gasteiger partial charge in [-0.25, -0.2) is 13.2 Å². The van der Waals surface area contributed by atoms with Gasteiger partial charge in [-0.1, -0.05) is 6.07 Å². The summed E-state index contributed by atoms with van der Waals surface area (Å²) in [7, 11) is -2.77. The minimum absolute atomic E-state index is 0.0509. The molecule has 0 unspecified atom stereocenters. The summed E-state index contributed by atoms with van der Waals surface area (Å²) in [6.45, 7) is 1.69. The van der Waals surface area contributed by atoms with Crippen LogP contribution in [0, 0.1) is 6.92 Å². The van der Waals surface area contributed by atoms with Crippen molar-refractivity contribution in [1.29, 1.82) is 0 Å². The van der Waals surface area contributed by atoms with Crippen LogP contribution in [0.5, 0.6) is 0 Å². The molecule has 0 radical (unpaired) electrons. The number of carboxylic acid groups (broad SMARTS) is 1. The predicted molar refractivity (Wildman–Crippen MR) is 52.1 cm³/mol. The van der Waals surface area contributed by atoms with Crippen molar-refractivity contribution in [2.75, 3.05) is 4.72 Å². The monoisotopic (exact) mass is 215 g/mol. The lowest BCUT2D eigenvalue weighted by atomic mass is 10.1. The first-order valence-corrected chi connectivity index (χ1v) is 4.93. The molecule has 1 rings (SSSR count). The standard InChI is InChI=1S/C8H9NO4S/c1-5-2-3-6(8(10)11)4-7(5)9-14(12)13/h2-4,14H,1H3,(H,10,11)(H,9,12,13). The number of benzene rings is 1. The van der Waals surface area contributed by atoms with Crippen molar-refractivity contribution in [2.24, 2.45) is 0 Å². The Morgan fingerprint density at radius 2 is 2.07 bits per heavy atom. The van der Waals surface area contributed by atoms with Crippen LogP contribution in [-0.4, -0.2) is 19.5 Å². The van der Waals surface area contributed by atoms with Gasteiger partial charge in [-0.05, 0) is 24.6 Å². The number of thiol groups is 1. The third-order valence-electron chi connectivity index (χ3n) is 1.70. The molecule has 76 valence electrons. The molecule has 6 heteroatoms. The molecule has 0 aliphatic heterocycles. The Morgan fingerprint density at radius 1 is 1.43 bits per heavy atom. The molecule has 0 amide bonds. The highest BCUT2D eigenvalue weighted by molar-refractivity contribution is 7.73. The van der Waals surface area contributed by atoms with Crippen LogP contribution in [0.3, 0.4) is 0 Å². The van der Waals surface area contributed by atoms with Gasteiger partial charge in [0.1, 0.15) is 0 Å². The van der Waals surface area contributed by atoms with Crippen LogP contribution in [0.25, 0.3) is 0 Å². The highest BCUT2D eigenvalue weighted by Crippen LogP contribution is 2.16. The summed E-state index contributed by atoms with van der Waals surface area (Å²) in [6.07, 6.45) is 0. The van der Waals surface area contributed by atoms with Gasteiger partial charge in [0.05, 0.1) is 11.3 Å². The first kappa shape index (κ1) is 10.5. The Balaban J connectivity index is 3.14. The SMILES string of the molecule is Cc1ccc(C(=O)O)cc1N[SH](=O)=O. The number of hydrogen-bond donors (Lipinski definition) is 3. The fourth-order valence-electron chi connectivity index (χ4n) is 0.974. The van der Waals surface area contributed by atoms with Crippen molar-refractivity contribution < 1.29 is 18.3 Å². The molecule has 0 fully saturated rings. The van der Waals surface area contributed by atoms with E-state index in [0.717, 1.165) is 0 Å². The summed E-state index contributed by atoms with van der Waals surface area (Å²) in [4.78, 5) is 10.6. The minimum Gasteiger partial charge on any atom is -0.478 e. The van der Waals surface area contributed by atoms with Gasteiger partial charge in [-0.2, -0.15) is 0 Å². The zero-order chi connectivity index (χ0) is 10.7. The average Bonchev–Trinajstić information content (AvgIpc) is 2.07. The van der Waals surface area contributed by atoms with Crippen LogP contribution in [0.15, 0.2) is 18.2 Å². The molecule has 0 saturated carbocycles. The highest BCUT2D eigenvalue weighted by atomic mass is 32.2. The second kappa shape index (κ2) is 4.10. The summed E-state index contributed by atoms with van der Waals surface area (Å²) in [5, 5.41) is 8.66. The number of nitrogens with one attached hydrogen (secondary N) is 1. The van der Waals surface area contributed by atoms with Crippen molar-refractivity contribution in [1.82, 2.24) is 0 Å². The fraction of sp³-hybridized carbons (Fsp3) is 0.125. The molecule has 2 N–H and O–H groups in total. The zero-order valence-electron chi connectivity index (χ0n) is 7.35. The van der Waals surface area contributed by atoms with Gasteiger partial charge in [0, 0.05) is 0 Å². The molecule has 0 aliphatic carbocycles. The van der Waals surface area contributed by atoms with Crippen molar-refractivity contribution in [2.45, 2.75) is 6.92 Å². The summed E-state index contributed by atoms with van der Waals surface area (Å²) in [5.41, 5.74) is 1.02. The third-order valence-corrected chi connectivity index (χ3v) is 2.12. The lowest BCUT2D eigenvalue weighted by Crippen LogP contribution is -2.01. The maximum absolute atomic E-state index is 10.6. The van der Waals surface area contributed by atoms with E-state index in [1.807, 2.05) is 0 Å². The average molecular weight is 215 g/mol. The van der Waals surface area contributed by atoms with E-state index in [1.165, 1.54) is 12.1 Å². The molecule has 0 spiro atoms. The summed E-state index contributed by atoms with van der Waals surface area (Å²) >= 11 is 0. The van der Waals surface area contributed by atoms with E-state index in [1.54, 1.807) is 13.0 Å². The van der Waals surface area contributed by atoms with Crippen molar-refractivity contribution in [3.8, 4) is 0 Å². The molecule has 0 atom stereocenters. The summed E-state index contributed by atoms with van der Waals surface area (Å²) in [5.74, 6) is -1.09. The van der Waals surface area contributed by atoms with Crippen LogP contribution >= 0.6 is 0 Å². The topological polar surface area (TPSA) is 83.5 Å². The lowest BCUT2D eigenvalue weighted by Gasteiger charge is -2.04. The quantitative estimate of drug-likeness (QED) is 0.646. The van der Waals surface area contributed by atoms with Gasteiger partial charge in [-0.15, -0.1) is 0 Å². The molecule has 0 saturated heterocycles. The molecule has 5 nitrogen and oxygen atoms in total. The van der Waals surface area contributed by atoms with E-state index in [-0.39, 0.29) is 5.56 Å². The molecule has 0 aliphatic rings. The number of rotatable bonds is 3. The van der Waals surface area contributed by atoms with E-state index in [0.29, 0.717) is 11.3 Å². The van der Waals surface area contributed by atoms with Crippen LogP contribution in [0.2, 0.25) is 0 Å². The lowest BCUT2D eigenvalue weighted by molar-refractivity contribution is 0.0697. The highest BCUT2D eigenvalue weighted by Gasteiger charge is 2.05. The molecule has 1 aromatic rings.